The topological polar surface area (TPSA) is 161 Å². The Labute approximate surface area is 257 Å². The highest BCUT2D eigenvalue weighted by atomic mass is 16.6. The van der Waals surface area contributed by atoms with Gasteiger partial charge in [-0.15, -0.1) is 0 Å². The van der Waals surface area contributed by atoms with Gasteiger partial charge in [-0.05, 0) is 77.1 Å². The number of aromatic nitrogens is 2. The van der Waals surface area contributed by atoms with Crippen molar-refractivity contribution in [1.82, 2.24) is 20.4 Å². The van der Waals surface area contributed by atoms with Crippen LogP contribution in [0.3, 0.4) is 0 Å². The number of carbonyl (C=O) groups excluding carboxylic acids is 3. The van der Waals surface area contributed by atoms with Crippen molar-refractivity contribution in [1.29, 1.82) is 0 Å². The number of carbonyl (C=O) groups is 4. The summed E-state index contributed by atoms with van der Waals surface area (Å²) in [6, 6.07) is 14.2. The molecular weight excluding hydrogens is 566 g/mol. The van der Waals surface area contributed by atoms with Crippen molar-refractivity contribution in [3.05, 3.63) is 78.1 Å². The van der Waals surface area contributed by atoms with Gasteiger partial charge in [0.2, 0.25) is 11.8 Å². The number of aliphatic carboxylic acids is 1. The molecule has 0 aliphatic carbocycles. The van der Waals surface area contributed by atoms with Crippen LogP contribution in [0.4, 0.5) is 10.5 Å². The summed E-state index contributed by atoms with van der Waals surface area (Å²) in [6.45, 7) is 8.17. The van der Waals surface area contributed by atoms with Crippen LogP contribution >= 0.6 is 0 Å². The number of aryl methyl sites for hydroxylation is 1. The van der Waals surface area contributed by atoms with E-state index in [2.05, 4.69) is 21.0 Å². The molecule has 0 radical (unpaired) electrons. The zero-order valence-corrected chi connectivity index (χ0v) is 25.9. The minimum Gasteiger partial charge on any atom is -0.497 e. The van der Waals surface area contributed by atoms with E-state index in [1.165, 1.54) is 38.0 Å². The quantitative estimate of drug-likeness (QED) is 0.224. The van der Waals surface area contributed by atoms with Crippen LogP contribution in [0, 0.1) is 0 Å². The van der Waals surface area contributed by atoms with Crippen molar-refractivity contribution in [2.45, 2.75) is 77.1 Å². The van der Waals surface area contributed by atoms with Gasteiger partial charge in [0.05, 0.1) is 19.0 Å². The van der Waals surface area contributed by atoms with E-state index in [9.17, 15) is 24.3 Å². The van der Waals surface area contributed by atoms with Gasteiger partial charge in [0.25, 0.3) is 0 Å². The number of carboxylic acid groups (broad SMARTS) is 1. The monoisotopic (exact) mass is 607 g/mol. The molecule has 0 bridgehead atoms. The van der Waals surface area contributed by atoms with Crippen molar-refractivity contribution in [3.63, 3.8) is 0 Å². The standard InChI is InChI=1S/C32H41N5O7/c1-31(2,3)44-30(42)36-32(4,5)29(41)35-25(14-10-13-21-11-8-7-9-12-21)27(38)34-23-19-33-37(20-23)26(28(39)40)22-15-17-24(43-6)18-16-22/h7-9,11-12,15-20,25-26H,10,13-14H2,1-6H3,(H,34,38)(H,35,41)(H,36,42)(H,39,40). The van der Waals surface area contributed by atoms with E-state index in [1.807, 2.05) is 30.3 Å². The Hall–Kier alpha value is -4.87. The lowest BCUT2D eigenvalue weighted by Crippen LogP contribution is -2.58. The number of methoxy groups -OCH3 is 1. The maximum absolute atomic E-state index is 13.5. The number of ether oxygens (including phenoxy) is 2. The molecule has 236 valence electrons. The van der Waals surface area contributed by atoms with E-state index in [1.54, 1.807) is 45.0 Å². The third-order valence-electron chi connectivity index (χ3n) is 6.60. The van der Waals surface area contributed by atoms with Crippen LogP contribution < -0.4 is 20.7 Å². The van der Waals surface area contributed by atoms with E-state index in [0.717, 1.165) is 5.56 Å². The molecular formula is C32H41N5O7. The van der Waals surface area contributed by atoms with Crippen LogP contribution in [0.15, 0.2) is 67.0 Å². The first kappa shape index (κ1) is 33.6. The molecule has 12 nitrogen and oxygen atoms in total. The number of rotatable bonds is 13. The van der Waals surface area contributed by atoms with E-state index >= 15 is 0 Å². The van der Waals surface area contributed by atoms with Gasteiger partial charge in [-0.1, -0.05) is 42.5 Å². The molecule has 0 saturated heterocycles. The second-order valence-electron chi connectivity index (χ2n) is 11.9. The summed E-state index contributed by atoms with van der Waals surface area (Å²) in [6.07, 6.45) is 3.55. The van der Waals surface area contributed by atoms with Gasteiger partial charge < -0.3 is 30.5 Å². The molecule has 2 atom stereocenters. The molecule has 1 heterocycles. The van der Waals surface area contributed by atoms with Crippen LogP contribution in [0.2, 0.25) is 0 Å². The molecule has 0 spiro atoms. The SMILES string of the molecule is COc1ccc(C(C(=O)O)n2cc(NC(=O)C(CCCc3ccccc3)NC(=O)C(C)(C)NC(=O)OC(C)(C)C)cn2)cc1. The molecule has 3 amide bonds. The smallest absolute Gasteiger partial charge is 0.408 e. The molecule has 0 saturated carbocycles. The number of carboxylic acids is 1. The predicted molar refractivity (Wildman–Crippen MR) is 164 cm³/mol. The molecule has 4 N–H and O–H groups in total. The van der Waals surface area contributed by atoms with E-state index < -0.39 is 47.1 Å². The summed E-state index contributed by atoms with van der Waals surface area (Å²) in [7, 11) is 1.52. The zero-order valence-electron chi connectivity index (χ0n) is 25.9. The van der Waals surface area contributed by atoms with Gasteiger partial charge in [-0.25, -0.2) is 9.59 Å². The van der Waals surface area contributed by atoms with E-state index in [4.69, 9.17) is 9.47 Å². The molecule has 3 rings (SSSR count). The van der Waals surface area contributed by atoms with Gasteiger partial charge in [-0.3, -0.25) is 14.3 Å². The van der Waals surface area contributed by atoms with Gasteiger partial charge in [-0.2, -0.15) is 5.10 Å². The summed E-state index contributed by atoms with van der Waals surface area (Å²) < 4.78 is 11.7. The normalized spacial score (nSPS) is 12.9. The number of hydrogen-bond acceptors (Lipinski definition) is 7. The Morgan fingerprint density at radius 2 is 1.64 bits per heavy atom. The van der Waals surface area contributed by atoms with Crippen molar-refractivity contribution in [2.75, 3.05) is 12.4 Å². The Bertz CT molecular complexity index is 1430. The van der Waals surface area contributed by atoms with Gasteiger partial charge >= 0.3 is 12.1 Å². The minimum atomic E-state index is -1.39. The number of anilines is 1. The van der Waals surface area contributed by atoms with Crippen molar-refractivity contribution < 1.29 is 33.8 Å². The second-order valence-corrected chi connectivity index (χ2v) is 11.9. The van der Waals surface area contributed by atoms with Crippen LogP contribution in [-0.2, 0) is 25.5 Å². The van der Waals surface area contributed by atoms with Crippen molar-refractivity contribution in [3.8, 4) is 5.75 Å². The highest BCUT2D eigenvalue weighted by Crippen LogP contribution is 2.23. The van der Waals surface area contributed by atoms with Crippen LogP contribution in [0.1, 0.15) is 64.6 Å². The molecule has 0 fully saturated rings. The Balaban J connectivity index is 1.76. The van der Waals surface area contributed by atoms with Gasteiger partial charge in [0, 0.05) is 6.20 Å². The average molecular weight is 608 g/mol. The average Bonchev–Trinajstić information content (AvgIpc) is 3.39. The van der Waals surface area contributed by atoms with Gasteiger partial charge in [0.15, 0.2) is 6.04 Å². The first-order chi connectivity index (χ1) is 20.7. The van der Waals surface area contributed by atoms with Crippen LogP contribution in [0.5, 0.6) is 5.75 Å². The fraction of sp³-hybridized carbons (Fsp3) is 0.406. The molecule has 1 aromatic heterocycles. The maximum atomic E-state index is 13.5. The molecule has 2 aromatic carbocycles. The number of alkyl carbamates (subject to hydrolysis) is 1. The molecule has 44 heavy (non-hydrogen) atoms. The largest absolute Gasteiger partial charge is 0.497 e. The number of nitrogens with one attached hydrogen (secondary N) is 3. The third-order valence-corrected chi connectivity index (χ3v) is 6.60. The van der Waals surface area contributed by atoms with Crippen molar-refractivity contribution in [2.24, 2.45) is 0 Å². The highest BCUT2D eigenvalue weighted by molar-refractivity contribution is 5.99. The summed E-state index contributed by atoms with van der Waals surface area (Å²) in [5.41, 5.74) is -0.343. The van der Waals surface area contributed by atoms with Gasteiger partial charge in [0.1, 0.15) is 22.9 Å². The number of benzene rings is 2. The fourth-order valence-corrected chi connectivity index (χ4v) is 4.35. The first-order valence-corrected chi connectivity index (χ1v) is 14.3. The highest BCUT2D eigenvalue weighted by Gasteiger charge is 2.34. The third kappa shape index (κ3) is 9.85. The lowest BCUT2D eigenvalue weighted by Gasteiger charge is -2.29. The molecule has 12 heteroatoms. The predicted octanol–water partition coefficient (Wildman–Crippen LogP) is 4.32. The summed E-state index contributed by atoms with van der Waals surface area (Å²) in [5, 5.41) is 22.1. The first-order valence-electron chi connectivity index (χ1n) is 14.3. The second kappa shape index (κ2) is 14.5. The molecule has 0 aliphatic rings. The lowest BCUT2D eigenvalue weighted by molar-refractivity contribution is -0.139. The number of hydrogen-bond donors (Lipinski definition) is 4. The van der Waals surface area contributed by atoms with Crippen LogP contribution in [0.25, 0.3) is 0 Å². The maximum Gasteiger partial charge on any atom is 0.408 e. The summed E-state index contributed by atoms with van der Waals surface area (Å²) >= 11 is 0. The Kier molecular flexibility index (Phi) is 11.1. The molecule has 0 aliphatic heterocycles. The lowest BCUT2D eigenvalue weighted by atomic mass is 10.0. The fourth-order valence-electron chi connectivity index (χ4n) is 4.35. The summed E-state index contributed by atoms with van der Waals surface area (Å²) in [4.78, 5) is 51.3. The Morgan fingerprint density at radius 1 is 0.977 bits per heavy atom. The van der Waals surface area contributed by atoms with Crippen LogP contribution in [-0.4, -0.2) is 63.1 Å². The summed E-state index contributed by atoms with van der Waals surface area (Å²) in [5.74, 6) is -1.65. The number of amides is 3. The van der Waals surface area contributed by atoms with Crippen molar-refractivity contribution >= 4 is 29.6 Å². The number of nitrogens with zero attached hydrogens (tertiary/aromatic N) is 2. The molecule has 2 unspecified atom stereocenters. The Morgan fingerprint density at radius 3 is 2.23 bits per heavy atom. The molecule has 3 aromatic rings. The van der Waals surface area contributed by atoms with E-state index in [-0.39, 0.29) is 5.69 Å². The zero-order chi connectivity index (χ0) is 32.5. The minimum absolute atomic E-state index is 0.253. The van der Waals surface area contributed by atoms with E-state index in [0.29, 0.717) is 30.6 Å².